The predicted octanol–water partition coefficient (Wildman–Crippen LogP) is 4.55. The Kier molecular flexibility index (Phi) is 4.96. The van der Waals surface area contributed by atoms with Crippen LogP contribution in [0, 0.1) is 12.7 Å². The zero-order valence-corrected chi connectivity index (χ0v) is 13.3. The predicted molar refractivity (Wildman–Crippen MR) is 84.4 cm³/mol. The molecule has 0 aromatic heterocycles. The summed E-state index contributed by atoms with van der Waals surface area (Å²) in [4.78, 5) is 12.3. The van der Waals surface area contributed by atoms with Crippen molar-refractivity contribution in [1.82, 2.24) is 0 Å². The highest BCUT2D eigenvalue weighted by atomic mass is 79.9. The summed E-state index contributed by atoms with van der Waals surface area (Å²) in [6.07, 6.45) is 0. The molecule has 110 valence electrons. The van der Waals surface area contributed by atoms with Gasteiger partial charge in [0.15, 0.2) is 0 Å². The second-order valence-corrected chi connectivity index (χ2v) is 5.26. The van der Waals surface area contributed by atoms with Gasteiger partial charge in [-0.25, -0.2) is 4.39 Å². The second kappa shape index (κ2) is 6.72. The molecule has 0 aliphatic heterocycles. The van der Waals surface area contributed by atoms with Gasteiger partial charge in [-0.3, -0.25) is 4.79 Å². The van der Waals surface area contributed by atoms with Crippen molar-refractivity contribution < 1.29 is 13.9 Å². The summed E-state index contributed by atoms with van der Waals surface area (Å²) in [6, 6.07) is 9.46. The lowest BCUT2D eigenvalue weighted by Gasteiger charge is -2.12. The molecule has 0 aliphatic rings. The monoisotopic (exact) mass is 351 g/mol. The lowest BCUT2D eigenvalue weighted by Crippen LogP contribution is -2.14. The third-order valence-corrected chi connectivity index (χ3v) is 3.98. The van der Waals surface area contributed by atoms with Crippen molar-refractivity contribution in [1.29, 1.82) is 0 Å². The summed E-state index contributed by atoms with van der Waals surface area (Å²) in [5.41, 5.74) is 1.92. The maximum absolute atomic E-state index is 13.2. The number of carbonyl (C=O) groups is 1. The first kappa shape index (κ1) is 15.5. The van der Waals surface area contributed by atoms with Crippen LogP contribution in [0.15, 0.2) is 40.9 Å². The van der Waals surface area contributed by atoms with E-state index in [2.05, 4.69) is 21.2 Å². The molecule has 0 spiro atoms. The van der Waals surface area contributed by atoms with Crippen molar-refractivity contribution in [2.75, 3.05) is 11.9 Å². The van der Waals surface area contributed by atoms with Gasteiger partial charge < -0.3 is 10.1 Å². The molecule has 0 aliphatic carbocycles. The summed E-state index contributed by atoms with van der Waals surface area (Å²) in [6.45, 7) is 4.10. The summed E-state index contributed by atoms with van der Waals surface area (Å²) in [5, 5.41) is 2.75. The molecule has 2 aromatic rings. The number of nitrogens with one attached hydrogen (secondary N) is 1. The van der Waals surface area contributed by atoms with Gasteiger partial charge >= 0.3 is 0 Å². The molecular formula is C16H15BrFNO2. The van der Waals surface area contributed by atoms with Gasteiger partial charge in [-0.05, 0) is 53.5 Å². The summed E-state index contributed by atoms with van der Waals surface area (Å²) < 4.78 is 19.3. The Labute approximate surface area is 131 Å². The molecule has 0 heterocycles. The molecule has 1 N–H and O–H groups in total. The molecule has 1 amide bonds. The Morgan fingerprint density at radius 3 is 2.81 bits per heavy atom. The highest BCUT2D eigenvalue weighted by Gasteiger charge is 2.14. The summed E-state index contributed by atoms with van der Waals surface area (Å²) in [7, 11) is 0. The Morgan fingerprint density at radius 1 is 1.33 bits per heavy atom. The highest BCUT2D eigenvalue weighted by Crippen LogP contribution is 2.27. The first-order valence-electron chi connectivity index (χ1n) is 6.51. The lowest BCUT2D eigenvalue weighted by atomic mass is 10.1. The van der Waals surface area contributed by atoms with Crippen molar-refractivity contribution in [3.8, 4) is 5.75 Å². The Hall–Kier alpha value is -1.88. The zero-order chi connectivity index (χ0) is 15.4. The maximum Gasteiger partial charge on any atom is 0.256 e. The van der Waals surface area contributed by atoms with Gasteiger partial charge in [-0.2, -0.15) is 0 Å². The maximum atomic E-state index is 13.2. The van der Waals surface area contributed by atoms with E-state index in [1.54, 1.807) is 13.0 Å². The minimum atomic E-state index is -0.409. The number of halogens is 2. The number of benzene rings is 2. The highest BCUT2D eigenvalue weighted by molar-refractivity contribution is 9.10. The molecule has 21 heavy (non-hydrogen) atoms. The molecule has 0 atom stereocenters. The average Bonchev–Trinajstić information content (AvgIpc) is 2.45. The van der Waals surface area contributed by atoms with E-state index >= 15 is 0 Å². The van der Waals surface area contributed by atoms with Crippen LogP contribution >= 0.6 is 15.9 Å². The van der Waals surface area contributed by atoms with E-state index in [1.807, 2.05) is 19.1 Å². The molecule has 5 heteroatoms. The zero-order valence-electron chi connectivity index (χ0n) is 11.7. The molecular weight excluding hydrogens is 337 g/mol. The van der Waals surface area contributed by atoms with E-state index in [9.17, 15) is 9.18 Å². The van der Waals surface area contributed by atoms with E-state index in [0.29, 0.717) is 23.6 Å². The average molecular weight is 352 g/mol. The van der Waals surface area contributed by atoms with Crippen LogP contribution in [0.25, 0.3) is 0 Å². The molecule has 3 nitrogen and oxygen atoms in total. The Bertz CT molecular complexity index is 673. The van der Waals surface area contributed by atoms with Crippen molar-refractivity contribution in [3.05, 3.63) is 57.8 Å². The number of ether oxygens (including phenoxy) is 1. The summed E-state index contributed by atoms with van der Waals surface area (Å²) >= 11 is 3.40. The van der Waals surface area contributed by atoms with Crippen LogP contribution in [0.5, 0.6) is 5.75 Å². The number of hydrogen-bond donors (Lipinski definition) is 1. The second-order valence-electron chi connectivity index (χ2n) is 4.46. The minimum Gasteiger partial charge on any atom is -0.492 e. The number of hydrogen-bond acceptors (Lipinski definition) is 2. The van der Waals surface area contributed by atoms with E-state index in [0.717, 1.165) is 10.0 Å². The largest absolute Gasteiger partial charge is 0.492 e. The first-order valence-corrected chi connectivity index (χ1v) is 7.31. The van der Waals surface area contributed by atoms with Crippen LogP contribution in [0.4, 0.5) is 10.1 Å². The van der Waals surface area contributed by atoms with Crippen LogP contribution in [0.3, 0.4) is 0 Å². The molecule has 2 aromatic carbocycles. The van der Waals surface area contributed by atoms with Gasteiger partial charge in [-0.15, -0.1) is 0 Å². The van der Waals surface area contributed by atoms with Gasteiger partial charge in [0, 0.05) is 10.5 Å². The number of carbonyl (C=O) groups excluding carboxylic acids is 1. The fraction of sp³-hybridized carbons (Fsp3) is 0.188. The summed E-state index contributed by atoms with van der Waals surface area (Å²) in [5.74, 6) is -0.374. The third-order valence-electron chi connectivity index (χ3n) is 2.93. The molecule has 0 saturated carbocycles. The van der Waals surface area contributed by atoms with Gasteiger partial charge in [0.25, 0.3) is 5.91 Å². The quantitative estimate of drug-likeness (QED) is 0.877. The minimum absolute atomic E-state index is 0.280. The third kappa shape index (κ3) is 3.61. The Balaban J connectivity index is 2.29. The van der Waals surface area contributed by atoms with Crippen LogP contribution in [-0.2, 0) is 0 Å². The van der Waals surface area contributed by atoms with Crippen LogP contribution in [-0.4, -0.2) is 12.5 Å². The fourth-order valence-electron chi connectivity index (χ4n) is 1.89. The van der Waals surface area contributed by atoms with Crippen molar-refractivity contribution in [2.24, 2.45) is 0 Å². The Morgan fingerprint density at radius 2 is 2.10 bits per heavy atom. The molecule has 2 rings (SSSR count). The van der Waals surface area contributed by atoms with Gasteiger partial charge in [0.1, 0.15) is 11.6 Å². The van der Waals surface area contributed by atoms with Gasteiger partial charge in [0.05, 0.1) is 17.9 Å². The van der Waals surface area contributed by atoms with Crippen LogP contribution in [0.2, 0.25) is 0 Å². The topological polar surface area (TPSA) is 38.3 Å². The molecule has 0 bridgehead atoms. The smallest absolute Gasteiger partial charge is 0.256 e. The van der Waals surface area contributed by atoms with Crippen molar-refractivity contribution in [3.63, 3.8) is 0 Å². The number of aryl methyl sites for hydroxylation is 1. The van der Waals surface area contributed by atoms with E-state index in [-0.39, 0.29) is 5.91 Å². The van der Waals surface area contributed by atoms with E-state index in [1.165, 1.54) is 18.2 Å². The van der Waals surface area contributed by atoms with Crippen LogP contribution < -0.4 is 10.1 Å². The van der Waals surface area contributed by atoms with Gasteiger partial charge in [-0.1, -0.05) is 12.1 Å². The molecule has 0 radical (unpaired) electrons. The standard InChI is InChI=1S/C16H15BrFNO2/c1-3-21-14-9-11(18)7-8-13(14)19-16(20)12-6-4-5-10(2)15(12)17/h4-9H,3H2,1-2H3,(H,19,20). The normalized spacial score (nSPS) is 10.3. The number of anilines is 1. The van der Waals surface area contributed by atoms with E-state index < -0.39 is 5.82 Å². The molecule has 0 saturated heterocycles. The lowest BCUT2D eigenvalue weighted by molar-refractivity contribution is 0.102. The molecule has 0 unspecified atom stereocenters. The first-order chi connectivity index (χ1) is 10.0. The number of amides is 1. The molecule has 0 fully saturated rings. The SMILES string of the molecule is CCOc1cc(F)ccc1NC(=O)c1cccc(C)c1Br. The number of rotatable bonds is 4. The van der Waals surface area contributed by atoms with Crippen LogP contribution in [0.1, 0.15) is 22.8 Å². The van der Waals surface area contributed by atoms with Gasteiger partial charge in [0.2, 0.25) is 0 Å². The van der Waals surface area contributed by atoms with Crippen molar-refractivity contribution in [2.45, 2.75) is 13.8 Å². The fourth-order valence-corrected chi connectivity index (χ4v) is 2.33. The van der Waals surface area contributed by atoms with Crippen molar-refractivity contribution >= 4 is 27.5 Å². The van der Waals surface area contributed by atoms with E-state index in [4.69, 9.17) is 4.74 Å².